The van der Waals surface area contributed by atoms with E-state index in [-0.39, 0.29) is 18.2 Å². The van der Waals surface area contributed by atoms with Gasteiger partial charge in [0, 0.05) is 30.7 Å². The lowest BCUT2D eigenvalue weighted by atomic mass is 9.99. The van der Waals surface area contributed by atoms with Crippen LogP contribution in [0.3, 0.4) is 0 Å². The Morgan fingerprint density at radius 2 is 1.97 bits per heavy atom. The molecular weight excluding hydrogens is 461 g/mol. The van der Waals surface area contributed by atoms with E-state index < -0.39 is 0 Å². The number of piperidine rings is 1. The van der Waals surface area contributed by atoms with E-state index in [2.05, 4.69) is 38.4 Å². The van der Waals surface area contributed by atoms with Crippen molar-refractivity contribution >= 4 is 44.7 Å². The maximum Gasteiger partial charge on any atom is 0.186 e. The normalized spacial score (nSPS) is 21.8. The summed E-state index contributed by atoms with van der Waals surface area (Å²) in [7, 11) is 2.07. The van der Waals surface area contributed by atoms with Gasteiger partial charge in [-0.2, -0.15) is 10.4 Å². The standard InChI is InChI=1S/C23H22FN7S.ClH/c1-12-11-31-22(26-12)14(10-25)6-19(29-31)13-5-18(24)21-20(7-13)32-23(28-21)30(2)17-8-15-3-4-16(9-17)27-15;/h5-7,11,15-17,27H,3-4,8-9H2,1-2H3;1H. The van der Waals surface area contributed by atoms with Crippen molar-refractivity contribution in [3.8, 4) is 17.3 Å². The third-order valence-corrected chi connectivity index (χ3v) is 7.79. The lowest BCUT2D eigenvalue weighted by Gasteiger charge is -2.35. The van der Waals surface area contributed by atoms with Gasteiger partial charge < -0.3 is 10.2 Å². The molecule has 4 aromatic rings. The third-order valence-electron chi connectivity index (χ3n) is 6.70. The van der Waals surface area contributed by atoms with Gasteiger partial charge in [0.05, 0.1) is 27.8 Å². The molecule has 5 heterocycles. The number of hydrogen-bond acceptors (Lipinski definition) is 7. The molecule has 3 aromatic heterocycles. The predicted molar refractivity (Wildman–Crippen MR) is 130 cm³/mol. The molecule has 2 aliphatic heterocycles. The molecule has 6 rings (SSSR count). The quantitative estimate of drug-likeness (QED) is 0.463. The van der Waals surface area contributed by atoms with Gasteiger partial charge in [-0.1, -0.05) is 11.3 Å². The Balaban J connectivity index is 0.00000228. The zero-order valence-corrected chi connectivity index (χ0v) is 19.9. The van der Waals surface area contributed by atoms with Gasteiger partial charge in [-0.15, -0.1) is 12.4 Å². The van der Waals surface area contributed by atoms with Crippen molar-refractivity contribution in [2.45, 2.75) is 50.7 Å². The largest absolute Gasteiger partial charge is 0.348 e. The molecule has 0 amide bonds. The predicted octanol–water partition coefficient (Wildman–Crippen LogP) is 4.47. The minimum absolute atomic E-state index is 0. The van der Waals surface area contributed by atoms with Crippen LogP contribution in [-0.2, 0) is 0 Å². The Hall–Kier alpha value is -2.80. The van der Waals surface area contributed by atoms with Gasteiger partial charge in [0.25, 0.3) is 0 Å². The van der Waals surface area contributed by atoms with Crippen molar-refractivity contribution in [1.29, 1.82) is 5.26 Å². The summed E-state index contributed by atoms with van der Waals surface area (Å²) in [6, 6.07) is 8.80. The maximum absolute atomic E-state index is 15.1. The first-order valence-corrected chi connectivity index (χ1v) is 11.7. The molecule has 0 aliphatic carbocycles. The Kier molecular flexibility index (Phi) is 5.47. The topological polar surface area (TPSA) is 82.1 Å². The summed E-state index contributed by atoms with van der Waals surface area (Å²) in [6.45, 7) is 1.85. The molecule has 170 valence electrons. The highest BCUT2D eigenvalue weighted by molar-refractivity contribution is 7.22. The van der Waals surface area contributed by atoms with Crippen LogP contribution in [0.5, 0.6) is 0 Å². The van der Waals surface area contributed by atoms with Crippen LogP contribution in [-0.4, -0.2) is 44.8 Å². The second-order valence-electron chi connectivity index (χ2n) is 8.88. The van der Waals surface area contributed by atoms with E-state index in [0.717, 1.165) is 28.4 Å². The Bertz CT molecular complexity index is 1400. The fourth-order valence-corrected chi connectivity index (χ4v) is 6.14. The van der Waals surface area contributed by atoms with E-state index in [1.54, 1.807) is 16.8 Å². The van der Waals surface area contributed by atoms with E-state index in [1.165, 1.54) is 30.2 Å². The first kappa shape index (κ1) is 22.0. The highest BCUT2D eigenvalue weighted by atomic mass is 35.5. The molecule has 1 N–H and O–H groups in total. The molecule has 0 saturated carbocycles. The Morgan fingerprint density at radius 1 is 1.21 bits per heavy atom. The number of halogens is 2. The number of fused-ring (bicyclic) bond motifs is 4. The van der Waals surface area contributed by atoms with Gasteiger partial charge in [-0.05, 0) is 50.8 Å². The van der Waals surface area contributed by atoms with Crippen molar-refractivity contribution in [2.75, 3.05) is 11.9 Å². The molecule has 7 nitrogen and oxygen atoms in total. The van der Waals surface area contributed by atoms with Gasteiger partial charge in [-0.25, -0.2) is 18.9 Å². The van der Waals surface area contributed by atoms with Crippen molar-refractivity contribution in [2.24, 2.45) is 0 Å². The van der Waals surface area contributed by atoms with Gasteiger partial charge in [0.1, 0.15) is 11.6 Å². The van der Waals surface area contributed by atoms with Gasteiger partial charge in [0.2, 0.25) is 0 Å². The molecule has 2 fully saturated rings. The van der Waals surface area contributed by atoms with Crippen LogP contribution in [0, 0.1) is 24.1 Å². The van der Waals surface area contributed by atoms with E-state index in [4.69, 9.17) is 0 Å². The SMILES string of the molecule is Cc1cn2nc(-c3cc(F)c4nc(N(C)C5CC6CCC(C5)N6)sc4c3)cc(C#N)c2n1.Cl. The summed E-state index contributed by atoms with van der Waals surface area (Å²) in [4.78, 5) is 11.2. The van der Waals surface area contributed by atoms with E-state index in [0.29, 0.717) is 46.1 Å². The Labute approximate surface area is 200 Å². The van der Waals surface area contributed by atoms with Crippen molar-refractivity contribution < 1.29 is 4.39 Å². The zero-order chi connectivity index (χ0) is 22.0. The van der Waals surface area contributed by atoms with E-state index >= 15 is 4.39 Å². The number of rotatable bonds is 3. The number of hydrogen-bond donors (Lipinski definition) is 1. The summed E-state index contributed by atoms with van der Waals surface area (Å²) >= 11 is 1.51. The lowest BCUT2D eigenvalue weighted by Crippen LogP contribution is -2.47. The van der Waals surface area contributed by atoms with Crippen LogP contribution < -0.4 is 10.2 Å². The highest BCUT2D eigenvalue weighted by Gasteiger charge is 2.36. The summed E-state index contributed by atoms with van der Waals surface area (Å²) in [5.74, 6) is -0.374. The number of thiazole rings is 1. The number of aromatic nitrogens is 4. The summed E-state index contributed by atoms with van der Waals surface area (Å²) < 4.78 is 17.5. The van der Waals surface area contributed by atoms with Gasteiger partial charge in [-0.3, -0.25) is 0 Å². The highest BCUT2D eigenvalue weighted by Crippen LogP contribution is 2.37. The van der Waals surface area contributed by atoms with Crippen molar-refractivity contribution in [1.82, 2.24) is 24.9 Å². The number of anilines is 1. The second-order valence-corrected chi connectivity index (χ2v) is 9.89. The molecule has 2 atom stereocenters. The number of nitrogens with zero attached hydrogens (tertiary/aromatic N) is 6. The molecule has 2 saturated heterocycles. The van der Waals surface area contributed by atoms with Crippen molar-refractivity contribution in [3.63, 3.8) is 0 Å². The average molecular weight is 484 g/mol. The fourth-order valence-electron chi connectivity index (χ4n) is 5.09. The zero-order valence-electron chi connectivity index (χ0n) is 18.2. The van der Waals surface area contributed by atoms with Crippen LogP contribution in [0.25, 0.3) is 27.1 Å². The summed E-state index contributed by atoms with van der Waals surface area (Å²) in [5.41, 5.74) is 3.23. The molecule has 1 aromatic carbocycles. The lowest BCUT2D eigenvalue weighted by molar-refractivity contribution is 0.354. The summed E-state index contributed by atoms with van der Waals surface area (Å²) in [5, 5.41) is 18.6. The van der Waals surface area contributed by atoms with Crippen LogP contribution in [0.4, 0.5) is 9.52 Å². The van der Waals surface area contributed by atoms with Crippen LogP contribution in [0.2, 0.25) is 0 Å². The maximum atomic E-state index is 15.1. The minimum atomic E-state index is -0.374. The molecule has 2 aliphatic rings. The van der Waals surface area contributed by atoms with Gasteiger partial charge >= 0.3 is 0 Å². The van der Waals surface area contributed by atoms with E-state index in [9.17, 15) is 5.26 Å². The van der Waals surface area contributed by atoms with E-state index in [1.807, 2.05) is 13.0 Å². The smallest absolute Gasteiger partial charge is 0.186 e. The van der Waals surface area contributed by atoms with Crippen LogP contribution >= 0.6 is 23.7 Å². The molecule has 10 heteroatoms. The molecule has 33 heavy (non-hydrogen) atoms. The minimum Gasteiger partial charge on any atom is -0.348 e. The second kappa shape index (κ2) is 8.20. The first-order valence-electron chi connectivity index (χ1n) is 10.8. The first-order chi connectivity index (χ1) is 15.5. The molecular formula is C23H23ClFN7S. The summed E-state index contributed by atoms with van der Waals surface area (Å²) in [6.07, 6.45) is 6.45. The number of benzene rings is 1. The third kappa shape index (κ3) is 3.72. The molecule has 0 spiro atoms. The molecule has 2 bridgehead atoms. The van der Waals surface area contributed by atoms with Crippen molar-refractivity contribution in [3.05, 3.63) is 41.5 Å². The van der Waals surface area contributed by atoms with Crippen LogP contribution in [0.1, 0.15) is 36.9 Å². The molecule has 0 radical (unpaired) electrons. The van der Waals surface area contributed by atoms with Gasteiger partial charge in [0.15, 0.2) is 16.6 Å². The Morgan fingerprint density at radius 3 is 2.70 bits per heavy atom. The fraction of sp³-hybridized carbons (Fsp3) is 0.391. The monoisotopic (exact) mass is 483 g/mol. The average Bonchev–Trinajstić information content (AvgIpc) is 3.47. The molecule has 2 unspecified atom stereocenters. The number of aryl methyl sites for hydroxylation is 1. The number of nitriles is 1. The number of imidazole rings is 1. The van der Waals surface area contributed by atoms with Crippen LogP contribution in [0.15, 0.2) is 24.4 Å². The number of nitrogens with one attached hydrogen (secondary N) is 1.